The number of nitrogens with zero attached hydrogens (tertiary/aromatic N) is 3. The number of hydrogen-bond donors (Lipinski definition) is 0. The standard InChI is InChI=1S/C23H32ClN3O3/c1-23(2,3)30-22(29)26-13-11-25(12-14-26)18-10-9-16-15-27(17-7-5-4-6-8-17)21(28)19(16)20(18)24/h9-10,17H,4-8,11-15H2,1-3H3. The third-order valence-corrected chi connectivity index (χ3v) is 6.69. The summed E-state index contributed by atoms with van der Waals surface area (Å²) in [5, 5.41) is 0.557. The second-order valence-electron chi connectivity index (χ2n) is 9.61. The molecule has 1 aliphatic carbocycles. The van der Waals surface area contributed by atoms with Crippen LogP contribution in [-0.4, -0.2) is 59.6 Å². The van der Waals surface area contributed by atoms with E-state index in [2.05, 4.69) is 11.0 Å². The number of carbonyl (C=O) groups excluding carboxylic acids is 2. The van der Waals surface area contributed by atoms with Crippen LogP contribution < -0.4 is 4.90 Å². The second kappa shape index (κ2) is 8.29. The van der Waals surface area contributed by atoms with Crippen molar-refractivity contribution in [2.45, 2.75) is 71.1 Å². The van der Waals surface area contributed by atoms with E-state index in [-0.39, 0.29) is 12.0 Å². The van der Waals surface area contributed by atoms with Crippen molar-refractivity contribution < 1.29 is 14.3 Å². The zero-order chi connectivity index (χ0) is 21.5. The lowest BCUT2D eigenvalue weighted by molar-refractivity contribution is 0.0240. The van der Waals surface area contributed by atoms with Gasteiger partial charge in [0.2, 0.25) is 0 Å². The highest BCUT2D eigenvalue weighted by Gasteiger charge is 2.36. The van der Waals surface area contributed by atoms with Crippen molar-refractivity contribution in [2.24, 2.45) is 0 Å². The first-order valence-corrected chi connectivity index (χ1v) is 11.5. The molecule has 1 aromatic rings. The Bertz CT molecular complexity index is 822. The summed E-state index contributed by atoms with van der Waals surface area (Å²) in [6.07, 6.45) is 5.58. The van der Waals surface area contributed by atoms with Crippen molar-refractivity contribution in [1.82, 2.24) is 9.80 Å². The van der Waals surface area contributed by atoms with Gasteiger partial charge < -0.3 is 19.4 Å². The molecule has 1 saturated carbocycles. The Hall–Kier alpha value is -1.95. The molecule has 0 N–H and O–H groups in total. The molecular formula is C23H32ClN3O3. The number of hydrogen-bond acceptors (Lipinski definition) is 4. The Kier molecular flexibility index (Phi) is 5.88. The molecule has 2 amide bonds. The van der Waals surface area contributed by atoms with Crippen LogP contribution in [0.25, 0.3) is 0 Å². The van der Waals surface area contributed by atoms with Crippen LogP contribution in [0.2, 0.25) is 5.02 Å². The van der Waals surface area contributed by atoms with Crippen LogP contribution in [0.1, 0.15) is 68.8 Å². The number of halogens is 1. The van der Waals surface area contributed by atoms with Crippen LogP contribution in [0.5, 0.6) is 0 Å². The molecule has 1 aromatic carbocycles. The topological polar surface area (TPSA) is 53.1 Å². The zero-order valence-electron chi connectivity index (χ0n) is 18.2. The molecule has 1 saturated heterocycles. The van der Waals surface area contributed by atoms with Gasteiger partial charge in [0.05, 0.1) is 16.3 Å². The number of fused-ring (bicyclic) bond motifs is 1. The van der Waals surface area contributed by atoms with Crippen LogP contribution >= 0.6 is 11.6 Å². The van der Waals surface area contributed by atoms with E-state index >= 15 is 0 Å². The number of anilines is 1. The fourth-order valence-electron chi connectivity index (χ4n) is 4.76. The van der Waals surface area contributed by atoms with Crippen LogP contribution in [-0.2, 0) is 11.3 Å². The van der Waals surface area contributed by atoms with E-state index in [9.17, 15) is 9.59 Å². The summed E-state index contributed by atoms with van der Waals surface area (Å²) in [5.74, 6) is 0.0798. The van der Waals surface area contributed by atoms with E-state index in [1.54, 1.807) is 4.90 Å². The molecule has 0 unspecified atom stereocenters. The summed E-state index contributed by atoms with van der Waals surface area (Å²) in [4.78, 5) is 31.4. The Balaban J connectivity index is 1.45. The fourth-order valence-corrected chi connectivity index (χ4v) is 5.14. The van der Waals surface area contributed by atoms with E-state index in [0.29, 0.717) is 49.4 Å². The van der Waals surface area contributed by atoms with Crippen molar-refractivity contribution in [1.29, 1.82) is 0 Å². The van der Waals surface area contributed by atoms with Gasteiger partial charge in [-0.3, -0.25) is 4.79 Å². The summed E-state index contributed by atoms with van der Waals surface area (Å²) in [7, 11) is 0. The van der Waals surface area contributed by atoms with Crippen molar-refractivity contribution >= 4 is 29.3 Å². The predicted octanol–water partition coefficient (Wildman–Crippen LogP) is 4.69. The van der Waals surface area contributed by atoms with Gasteiger partial charge in [0.1, 0.15) is 5.60 Å². The highest BCUT2D eigenvalue weighted by atomic mass is 35.5. The summed E-state index contributed by atoms with van der Waals surface area (Å²) >= 11 is 6.78. The lowest BCUT2D eigenvalue weighted by Crippen LogP contribution is -2.50. The van der Waals surface area contributed by atoms with Crippen LogP contribution in [0.3, 0.4) is 0 Å². The number of carbonyl (C=O) groups is 2. The molecule has 7 heteroatoms. The van der Waals surface area contributed by atoms with E-state index < -0.39 is 5.60 Å². The average Bonchev–Trinajstić information content (AvgIpc) is 3.05. The molecular weight excluding hydrogens is 402 g/mol. The first-order valence-electron chi connectivity index (χ1n) is 11.1. The minimum Gasteiger partial charge on any atom is -0.444 e. The summed E-state index contributed by atoms with van der Waals surface area (Å²) in [6, 6.07) is 4.43. The van der Waals surface area contributed by atoms with Crippen molar-refractivity contribution in [2.75, 3.05) is 31.1 Å². The van der Waals surface area contributed by atoms with Crippen molar-refractivity contribution in [3.63, 3.8) is 0 Å². The SMILES string of the molecule is CC(C)(C)OC(=O)N1CCN(c2ccc3c(c2Cl)C(=O)N(C2CCCCC2)C3)CC1. The Labute approximate surface area is 184 Å². The van der Waals surface area contributed by atoms with Gasteiger partial charge in [-0.15, -0.1) is 0 Å². The van der Waals surface area contributed by atoms with Crippen LogP contribution in [0, 0.1) is 0 Å². The van der Waals surface area contributed by atoms with Gasteiger partial charge in [0.25, 0.3) is 5.91 Å². The molecule has 2 fully saturated rings. The third kappa shape index (κ3) is 4.25. The lowest BCUT2D eigenvalue weighted by atomic mass is 9.94. The largest absolute Gasteiger partial charge is 0.444 e. The maximum Gasteiger partial charge on any atom is 0.410 e. The maximum atomic E-state index is 13.2. The van der Waals surface area contributed by atoms with Gasteiger partial charge >= 0.3 is 6.09 Å². The lowest BCUT2D eigenvalue weighted by Gasteiger charge is -2.37. The predicted molar refractivity (Wildman–Crippen MR) is 118 cm³/mol. The molecule has 3 aliphatic rings. The number of rotatable bonds is 2. The number of piperazine rings is 1. The Morgan fingerprint density at radius 1 is 1.07 bits per heavy atom. The quantitative estimate of drug-likeness (QED) is 0.679. The van der Waals surface area contributed by atoms with E-state index in [0.717, 1.165) is 24.1 Å². The smallest absolute Gasteiger partial charge is 0.410 e. The van der Waals surface area contributed by atoms with Gasteiger partial charge in [-0.25, -0.2) is 4.79 Å². The molecule has 0 spiro atoms. The molecule has 0 atom stereocenters. The molecule has 4 rings (SSSR count). The average molecular weight is 434 g/mol. The summed E-state index contributed by atoms with van der Waals surface area (Å²) in [5.41, 5.74) is 2.10. The molecule has 2 aliphatic heterocycles. The molecule has 0 bridgehead atoms. The number of ether oxygens (including phenoxy) is 1. The Morgan fingerprint density at radius 2 is 1.73 bits per heavy atom. The van der Waals surface area contributed by atoms with Crippen LogP contribution in [0.15, 0.2) is 12.1 Å². The first kappa shape index (κ1) is 21.3. The molecule has 0 radical (unpaired) electrons. The molecule has 164 valence electrons. The van der Waals surface area contributed by atoms with Gasteiger partial charge in [0, 0.05) is 38.8 Å². The number of benzene rings is 1. The van der Waals surface area contributed by atoms with Gasteiger partial charge in [-0.05, 0) is 45.2 Å². The van der Waals surface area contributed by atoms with Gasteiger partial charge in [-0.1, -0.05) is 36.9 Å². The summed E-state index contributed by atoms with van der Waals surface area (Å²) in [6.45, 7) is 8.77. The fraction of sp³-hybridized carbons (Fsp3) is 0.652. The Morgan fingerprint density at radius 3 is 2.37 bits per heavy atom. The van der Waals surface area contributed by atoms with Crippen molar-refractivity contribution in [3.8, 4) is 0 Å². The van der Waals surface area contributed by atoms with E-state index in [1.165, 1.54) is 19.3 Å². The number of amides is 2. The normalized spacial score (nSPS) is 20.5. The highest BCUT2D eigenvalue weighted by molar-refractivity contribution is 6.37. The minimum absolute atomic E-state index is 0.0798. The minimum atomic E-state index is -0.498. The molecule has 30 heavy (non-hydrogen) atoms. The maximum absolute atomic E-state index is 13.2. The second-order valence-corrected chi connectivity index (χ2v) is 9.99. The highest BCUT2D eigenvalue weighted by Crippen LogP contribution is 2.39. The zero-order valence-corrected chi connectivity index (χ0v) is 19.0. The monoisotopic (exact) mass is 433 g/mol. The van der Waals surface area contributed by atoms with Gasteiger partial charge in [-0.2, -0.15) is 0 Å². The van der Waals surface area contributed by atoms with Crippen LogP contribution in [0.4, 0.5) is 10.5 Å². The van der Waals surface area contributed by atoms with E-state index in [1.807, 2.05) is 31.7 Å². The summed E-state index contributed by atoms with van der Waals surface area (Å²) < 4.78 is 5.48. The van der Waals surface area contributed by atoms with E-state index in [4.69, 9.17) is 16.3 Å². The first-order chi connectivity index (χ1) is 14.2. The molecule has 0 aromatic heterocycles. The van der Waals surface area contributed by atoms with Crippen molar-refractivity contribution in [3.05, 3.63) is 28.3 Å². The molecule has 2 heterocycles. The molecule has 6 nitrogen and oxygen atoms in total. The van der Waals surface area contributed by atoms with Gasteiger partial charge in [0.15, 0.2) is 0 Å². The third-order valence-electron chi connectivity index (χ3n) is 6.31.